The van der Waals surface area contributed by atoms with Gasteiger partial charge < -0.3 is 20.5 Å². The van der Waals surface area contributed by atoms with Crippen molar-refractivity contribution in [2.24, 2.45) is 0 Å². The zero-order chi connectivity index (χ0) is 15.0. The third-order valence-corrected chi connectivity index (χ3v) is 3.57. The molecule has 108 valence electrons. The minimum absolute atomic E-state index is 0.0166. The molecular formula is C15H13ClN2O3. The van der Waals surface area contributed by atoms with E-state index in [0.717, 1.165) is 0 Å². The van der Waals surface area contributed by atoms with Crippen molar-refractivity contribution in [2.75, 3.05) is 12.4 Å². The summed E-state index contributed by atoms with van der Waals surface area (Å²) in [5.74, 6) is 0.202. The lowest BCUT2D eigenvalue weighted by atomic mass is 10.1. The summed E-state index contributed by atoms with van der Waals surface area (Å²) in [4.78, 5) is 12.1. The number of halogens is 1. The average molecular weight is 305 g/mol. The molecule has 2 aromatic rings. The van der Waals surface area contributed by atoms with Crippen LogP contribution in [0.2, 0.25) is 5.02 Å². The van der Waals surface area contributed by atoms with Crippen LogP contribution in [0.3, 0.4) is 0 Å². The molecule has 5 nitrogen and oxygen atoms in total. The van der Waals surface area contributed by atoms with Crippen molar-refractivity contribution >= 4 is 23.2 Å². The Morgan fingerprint density at radius 1 is 1.19 bits per heavy atom. The number of fused-ring (bicyclic) bond motifs is 1. The van der Waals surface area contributed by atoms with Crippen molar-refractivity contribution in [3.05, 3.63) is 52.5 Å². The molecule has 0 aliphatic carbocycles. The quantitative estimate of drug-likeness (QED) is 0.798. The van der Waals surface area contributed by atoms with Gasteiger partial charge in [0.25, 0.3) is 5.91 Å². The first-order valence-electron chi connectivity index (χ1n) is 6.32. The van der Waals surface area contributed by atoms with Gasteiger partial charge in [-0.2, -0.15) is 0 Å². The fraction of sp³-hybridized carbons (Fsp3) is 0.133. The standard InChI is InChI=1S/C15H13ClN2O3/c1-21-13-5-2-8(6-12(13)19)14-17-11-7-9(16)3-4-10(11)15(20)18-14/h2-7,14,17,19H,1H3,(H,18,20)/t14-/m1/s1. The molecule has 0 aromatic heterocycles. The Labute approximate surface area is 126 Å². The second-order valence-electron chi connectivity index (χ2n) is 4.67. The van der Waals surface area contributed by atoms with Crippen LogP contribution in [0.4, 0.5) is 5.69 Å². The van der Waals surface area contributed by atoms with E-state index >= 15 is 0 Å². The Morgan fingerprint density at radius 2 is 2.00 bits per heavy atom. The van der Waals surface area contributed by atoms with Crippen LogP contribution < -0.4 is 15.4 Å². The predicted octanol–water partition coefficient (Wildman–Crippen LogP) is 2.91. The van der Waals surface area contributed by atoms with E-state index in [1.807, 2.05) is 0 Å². The molecule has 1 amide bonds. The largest absolute Gasteiger partial charge is 0.504 e. The number of hydrogen-bond donors (Lipinski definition) is 3. The Morgan fingerprint density at radius 3 is 2.71 bits per heavy atom. The molecule has 3 rings (SSSR count). The maximum Gasteiger partial charge on any atom is 0.255 e. The zero-order valence-electron chi connectivity index (χ0n) is 11.2. The molecule has 1 aliphatic rings. The van der Waals surface area contributed by atoms with Gasteiger partial charge in [0.1, 0.15) is 6.17 Å². The third-order valence-electron chi connectivity index (χ3n) is 3.34. The number of rotatable bonds is 2. The van der Waals surface area contributed by atoms with Gasteiger partial charge in [-0.15, -0.1) is 0 Å². The Balaban J connectivity index is 1.95. The van der Waals surface area contributed by atoms with Crippen molar-refractivity contribution in [3.63, 3.8) is 0 Å². The minimum atomic E-state index is -0.444. The fourth-order valence-electron chi connectivity index (χ4n) is 2.29. The fourth-order valence-corrected chi connectivity index (χ4v) is 2.46. The summed E-state index contributed by atoms with van der Waals surface area (Å²) in [6.45, 7) is 0. The molecule has 0 bridgehead atoms. The second kappa shape index (κ2) is 5.18. The number of ether oxygens (including phenoxy) is 1. The summed E-state index contributed by atoms with van der Waals surface area (Å²) in [5.41, 5.74) is 1.91. The van der Waals surface area contributed by atoms with E-state index in [-0.39, 0.29) is 11.7 Å². The molecule has 1 heterocycles. The summed E-state index contributed by atoms with van der Waals surface area (Å²) in [7, 11) is 1.48. The van der Waals surface area contributed by atoms with Gasteiger partial charge in [-0.25, -0.2) is 0 Å². The summed E-state index contributed by atoms with van der Waals surface area (Å²) in [6.07, 6.45) is -0.444. The van der Waals surface area contributed by atoms with Crippen molar-refractivity contribution in [2.45, 2.75) is 6.17 Å². The molecule has 3 N–H and O–H groups in total. The molecule has 21 heavy (non-hydrogen) atoms. The molecule has 0 fully saturated rings. The molecule has 1 atom stereocenters. The lowest BCUT2D eigenvalue weighted by molar-refractivity contribution is 0.0935. The average Bonchev–Trinajstić information content (AvgIpc) is 2.46. The van der Waals surface area contributed by atoms with Gasteiger partial charge in [0.2, 0.25) is 0 Å². The highest BCUT2D eigenvalue weighted by Gasteiger charge is 2.25. The van der Waals surface area contributed by atoms with E-state index in [4.69, 9.17) is 16.3 Å². The number of anilines is 1. The molecule has 0 saturated heterocycles. The maximum absolute atomic E-state index is 12.1. The number of carbonyl (C=O) groups excluding carboxylic acids is 1. The first-order valence-corrected chi connectivity index (χ1v) is 6.70. The lowest BCUT2D eigenvalue weighted by Crippen LogP contribution is -2.38. The molecule has 2 aromatic carbocycles. The van der Waals surface area contributed by atoms with Crippen molar-refractivity contribution in [1.29, 1.82) is 0 Å². The van der Waals surface area contributed by atoms with Gasteiger partial charge in [0.15, 0.2) is 11.5 Å². The van der Waals surface area contributed by atoms with Gasteiger partial charge >= 0.3 is 0 Å². The van der Waals surface area contributed by atoms with E-state index < -0.39 is 6.17 Å². The van der Waals surface area contributed by atoms with Gasteiger partial charge in [-0.1, -0.05) is 17.7 Å². The summed E-state index contributed by atoms with van der Waals surface area (Å²) >= 11 is 5.95. The highest BCUT2D eigenvalue weighted by atomic mass is 35.5. The Kier molecular flexibility index (Phi) is 3.35. The van der Waals surface area contributed by atoms with Crippen LogP contribution >= 0.6 is 11.6 Å². The van der Waals surface area contributed by atoms with Gasteiger partial charge in [0.05, 0.1) is 18.4 Å². The Hall–Kier alpha value is -2.40. The van der Waals surface area contributed by atoms with Crippen molar-refractivity contribution < 1.29 is 14.6 Å². The van der Waals surface area contributed by atoms with Crippen molar-refractivity contribution in [3.8, 4) is 11.5 Å². The predicted molar refractivity (Wildman–Crippen MR) is 79.9 cm³/mol. The first kappa shape index (κ1) is 13.6. The highest BCUT2D eigenvalue weighted by Crippen LogP contribution is 2.32. The van der Waals surface area contributed by atoms with E-state index in [2.05, 4.69) is 10.6 Å². The maximum atomic E-state index is 12.1. The number of hydrogen-bond acceptors (Lipinski definition) is 4. The number of methoxy groups -OCH3 is 1. The van der Waals surface area contributed by atoms with Crippen LogP contribution in [0, 0.1) is 0 Å². The topological polar surface area (TPSA) is 70.6 Å². The molecular weight excluding hydrogens is 292 g/mol. The second-order valence-corrected chi connectivity index (χ2v) is 5.11. The van der Waals surface area contributed by atoms with Crippen LogP contribution in [0.5, 0.6) is 11.5 Å². The molecule has 6 heteroatoms. The van der Waals surface area contributed by atoms with Gasteiger partial charge in [0, 0.05) is 5.02 Å². The zero-order valence-corrected chi connectivity index (χ0v) is 11.9. The summed E-state index contributed by atoms with van der Waals surface area (Å²) in [5, 5.41) is 16.4. The summed E-state index contributed by atoms with van der Waals surface area (Å²) in [6, 6.07) is 10.00. The molecule has 0 spiro atoms. The molecule has 0 radical (unpaired) electrons. The smallest absolute Gasteiger partial charge is 0.255 e. The van der Waals surface area contributed by atoms with E-state index in [1.165, 1.54) is 7.11 Å². The summed E-state index contributed by atoms with van der Waals surface area (Å²) < 4.78 is 5.01. The van der Waals surface area contributed by atoms with Gasteiger partial charge in [-0.3, -0.25) is 4.79 Å². The van der Waals surface area contributed by atoms with Crippen LogP contribution in [0.1, 0.15) is 22.1 Å². The minimum Gasteiger partial charge on any atom is -0.504 e. The van der Waals surface area contributed by atoms with Crippen LogP contribution in [-0.4, -0.2) is 18.1 Å². The Bertz CT molecular complexity index is 718. The van der Waals surface area contributed by atoms with Gasteiger partial charge in [-0.05, 0) is 35.9 Å². The van der Waals surface area contributed by atoms with E-state index in [9.17, 15) is 9.90 Å². The highest BCUT2D eigenvalue weighted by molar-refractivity contribution is 6.31. The lowest BCUT2D eigenvalue weighted by Gasteiger charge is -2.28. The number of aromatic hydroxyl groups is 1. The number of carbonyl (C=O) groups is 1. The normalized spacial score (nSPS) is 16.7. The van der Waals surface area contributed by atoms with Crippen molar-refractivity contribution in [1.82, 2.24) is 5.32 Å². The number of amides is 1. The van der Waals surface area contributed by atoms with E-state index in [1.54, 1.807) is 36.4 Å². The van der Waals surface area contributed by atoms with Crippen LogP contribution in [0.15, 0.2) is 36.4 Å². The number of phenols is 1. The monoisotopic (exact) mass is 304 g/mol. The molecule has 0 saturated carbocycles. The first-order chi connectivity index (χ1) is 10.1. The van der Waals surface area contributed by atoms with Crippen LogP contribution in [-0.2, 0) is 0 Å². The third kappa shape index (κ3) is 2.48. The molecule has 1 aliphatic heterocycles. The van der Waals surface area contributed by atoms with E-state index in [0.29, 0.717) is 27.6 Å². The number of phenolic OH excluding ortho intramolecular Hbond substituents is 1. The number of nitrogens with one attached hydrogen (secondary N) is 2. The number of benzene rings is 2. The SMILES string of the molecule is COc1ccc([C@H]2NC(=O)c3ccc(Cl)cc3N2)cc1O. The van der Waals surface area contributed by atoms with Crippen LogP contribution in [0.25, 0.3) is 0 Å². The molecule has 0 unspecified atom stereocenters.